The van der Waals surface area contributed by atoms with Crippen molar-refractivity contribution in [2.45, 2.75) is 13.8 Å². The van der Waals surface area contributed by atoms with Gasteiger partial charge in [0.15, 0.2) is 0 Å². The van der Waals surface area contributed by atoms with Gasteiger partial charge in [0.1, 0.15) is 17.4 Å². The average Bonchev–Trinajstić information content (AvgIpc) is 2.72. The van der Waals surface area contributed by atoms with Crippen LogP contribution in [0.5, 0.6) is 0 Å². The van der Waals surface area contributed by atoms with Gasteiger partial charge in [-0.3, -0.25) is 15.0 Å². The van der Waals surface area contributed by atoms with Crippen molar-refractivity contribution in [1.29, 1.82) is 5.26 Å². The smallest absolute Gasteiger partial charge is 0.240 e. The van der Waals surface area contributed by atoms with Crippen molar-refractivity contribution >= 4 is 21.8 Å². The molecule has 1 fully saturated rings. The molecule has 1 aliphatic rings. The number of hydrogen-bond donors (Lipinski definition) is 1. The summed E-state index contributed by atoms with van der Waals surface area (Å²) < 4.78 is 29.7. The molecule has 23 heavy (non-hydrogen) atoms. The Bertz CT molecular complexity index is 740. The van der Waals surface area contributed by atoms with Crippen LogP contribution in [0.4, 0.5) is 5.88 Å². The number of aryl methyl sites for hydroxylation is 1. The van der Waals surface area contributed by atoms with Crippen LogP contribution in [0.1, 0.15) is 16.9 Å². The molecule has 0 radical (unpaired) electrons. The van der Waals surface area contributed by atoms with E-state index in [1.807, 2.05) is 11.0 Å². The normalized spacial score (nSPS) is 17.0. The molecule has 2 rings (SSSR count). The zero-order valence-corrected chi connectivity index (χ0v) is 14.2. The van der Waals surface area contributed by atoms with E-state index in [1.54, 1.807) is 13.8 Å². The SMILES string of the molecule is Cc1oc(NC(=O)CN2CCN(S(C)(=O)=O)CC2)c(C#N)c1C. The van der Waals surface area contributed by atoms with Gasteiger partial charge in [0.25, 0.3) is 0 Å². The van der Waals surface area contributed by atoms with Gasteiger partial charge in [-0.2, -0.15) is 9.57 Å². The van der Waals surface area contributed by atoms with Gasteiger partial charge in [0.05, 0.1) is 12.8 Å². The largest absolute Gasteiger partial charge is 0.444 e. The molecule has 2 heterocycles. The Morgan fingerprint density at radius 2 is 1.91 bits per heavy atom. The molecule has 1 amide bonds. The summed E-state index contributed by atoms with van der Waals surface area (Å²) in [4.78, 5) is 14.0. The molecule has 0 saturated carbocycles. The van der Waals surface area contributed by atoms with E-state index >= 15 is 0 Å². The van der Waals surface area contributed by atoms with E-state index in [1.165, 1.54) is 10.6 Å². The van der Waals surface area contributed by atoms with Crippen LogP contribution in [-0.4, -0.2) is 62.5 Å². The van der Waals surface area contributed by atoms with Crippen LogP contribution in [0.15, 0.2) is 4.42 Å². The minimum absolute atomic E-state index is 0.126. The van der Waals surface area contributed by atoms with Crippen molar-refractivity contribution < 1.29 is 17.6 Å². The van der Waals surface area contributed by atoms with E-state index in [0.717, 1.165) is 0 Å². The maximum atomic E-state index is 12.1. The number of sulfonamides is 1. The van der Waals surface area contributed by atoms with E-state index in [9.17, 15) is 13.2 Å². The molecule has 0 aromatic carbocycles. The summed E-state index contributed by atoms with van der Waals surface area (Å²) in [6.45, 7) is 5.33. The Morgan fingerprint density at radius 3 is 2.43 bits per heavy atom. The Morgan fingerprint density at radius 1 is 1.30 bits per heavy atom. The highest BCUT2D eigenvalue weighted by Gasteiger charge is 2.25. The number of anilines is 1. The second kappa shape index (κ2) is 6.70. The van der Waals surface area contributed by atoms with E-state index in [4.69, 9.17) is 9.68 Å². The number of amides is 1. The molecule has 0 bridgehead atoms. The fraction of sp³-hybridized carbons (Fsp3) is 0.571. The minimum Gasteiger partial charge on any atom is -0.444 e. The second-order valence-corrected chi connectivity index (χ2v) is 7.57. The van der Waals surface area contributed by atoms with E-state index < -0.39 is 10.0 Å². The number of carbonyl (C=O) groups excluding carboxylic acids is 1. The van der Waals surface area contributed by atoms with Crippen molar-refractivity contribution in [1.82, 2.24) is 9.21 Å². The fourth-order valence-electron chi connectivity index (χ4n) is 2.44. The summed E-state index contributed by atoms with van der Waals surface area (Å²) in [5.74, 6) is 0.476. The van der Waals surface area contributed by atoms with Gasteiger partial charge in [-0.1, -0.05) is 0 Å². The summed E-state index contributed by atoms with van der Waals surface area (Å²) in [5.41, 5.74) is 1.04. The van der Waals surface area contributed by atoms with Crippen LogP contribution >= 0.6 is 0 Å². The van der Waals surface area contributed by atoms with E-state index in [2.05, 4.69) is 5.32 Å². The van der Waals surface area contributed by atoms with Gasteiger partial charge < -0.3 is 4.42 Å². The van der Waals surface area contributed by atoms with Gasteiger partial charge in [0, 0.05) is 31.7 Å². The molecule has 1 aliphatic heterocycles. The first-order valence-electron chi connectivity index (χ1n) is 7.19. The third kappa shape index (κ3) is 4.10. The molecule has 1 saturated heterocycles. The average molecular weight is 340 g/mol. The number of nitrogens with zero attached hydrogens (tertiary/aromatic N) is 3. The van der Waals surface area contributed by atoms with Crippen LogP contribution in [-0.2, 0) is 14.8 Å². The lowest BCUT2D eigenvalue weighted by Gasteiger charge is -2.32. The van der Waals surface area contributed by atoms with Crippen molar-refractivity contribution in [2.24, 2.45) is 0 Å². The molecule has 9 heteroatoms. The van der Waals surface area contributed by atoms with E-state index in [-0.39, 0.29) is 18.3 Å². The lowest BCUT2D eigenvalue weighted by molar-refractivity contribution is -0.117. The summed E-state index contributed by atoms with van der Waals surface area (Å²) in [6.07, 6.45) is 1.18. The van der Waals surface area contributed by atoms with Crippen molar-refractivity contribution in [3.05, 3.63) is 16.9 Å². The first kappa shape index (κ1) is 17.5. The molecule has 0 spiro atoms. The Labute approximate surface area is 135 Å². The number of nitrogens with one attached hydrogen (secondary N) is 1. The summed E-state index contributed by atoms with van der Waals surface area (Å²) in [5, 5.41) is 11.7. The molecule has 1 aromatic rings. The lowest BCUT2D eigenvalue weighted by Crippen LogP contribution is -2.50. The van der Waals surface area contributed by atoms with Crippen molar-refractivity contribution in [3.8, 4) is 6.07 Å². The highest BCUT2D eigenvalue weighted by atomic mass is 32.2. The monoisotopic (exact) mass is 340 g/mol. The molecule has 0 atom stereocenters. The van der Waals surface area contributed by atoms with Crippen LogP contribution in [0.2, 0.25) is 0 Å². The molecule has 0 unspecified atom stereocenters. The predicted octanol–water partition coefficient (Wildman–Crippen LogP) is 0.284. The maximum Gasteiger partial charge on any atom is 0.240 e. The highest BCUT2D eigenvalue weighted by Crippen LogP contribution is 2.25. The Balaban J connectivity index is 1.92. The first-order valence-corrected chi connectivity index (χ1v) is 9.04. The van der Waals surface area contributed by atoms with Crippen molar-refractivity contribution in [3.63, 3.8) is 0 Å². The second-order valence-electron chi connectivity index (χ2n) is 5.59. The molecule has 1 aromatic heterocycles. The third-order valence-corrected chi connectivity index (χ3v) is 5.22. The molecular weight excluding hydrogens is 320 g/mol. The number of nitriles is 1. The van der Waals surface area contributed by atoms with Gasteiger partial charge in [-0.25, -0.2) is 8.42 Å². The number of furan rings is 1. The third-order valence-electron chi connectivity index (χ3n) is 3.92. The summed E-state index contributed by atoms with van der Waals surface area (Å²) in [7, 11) is -3.18. The molecule has 1 N–H and O–H groups in total. The molecule has 126 valence electrons. The number of hydrogen-bond acceptors (Lipinski definition) is 6. The number of piperazine rings is 1. The zero-order chi connectivity index (χ0) is 17.2. The van der Waals surface area contributed by atoms with Crippen molar-refractivity contribution in [2.75, 3.05) is 44.3 Å². The first-order chi connectivity index (χ1) is 10.7. The topological polar surface area (TPSA) is 107 Å². The minimum atomic E-state index is -3.18. The fourth-order valence-corrected chi connectivity index (χ4v) is 3.26. The van der Waals surface area contributed by atoms with Crippen LogP contribution < -0.4 is 5.32 Å². The number of carbonyl (C=O) groups is 1. The molecular formula is C14H20N4O4S. The van der Waals surface area contributed by atoms with Gasteiger partial charge >= 0.3 is 0 Å². The van der Waals surface area contributed by atoms with Crippen LogP contribution in [0, 0.1) is 25.2 Å². The van der Waals surface area contributed by atoms with Gasteiger partial charge in [-0.15, -0.1) is 0 Å². The molecule has 8 nitrogen and oxygen atoms in total. The quantitative estimate of drug-likeness (QED) is 0.844. The van der Waals surface area contributed by atoms with Gasteiger partial charge in [-0.05, 0) is 13.8 Å². The van der Waals surface area contributed by atoms with Crippen LogP contribution in [0.3, 0.4) is 0 Å². The summed E-state index contributed by atoms with van der Waals surface area (Å²) >= 11 is 0. The Hall–Kier alpha value is -1.89. The van der Waals surface area contributed by atoms with Gasteiger partial charge in [0.2, 0.25) is 21.8 Å². The maximum absolute atomic E-state index is 12.1. The number of rotatable bonds is 4. The van der Waals surface area contributed by atoms with E-state index in [0.29, 0.717) is 43.1 Å². The zero-order valence-electron chi connectivity index (χ0n) is 13.4. The Kier molecular flexibility index (Phi) is 5.09. The lowest BCUT2D eigenvalue weighted by atomic mass is 10.2. The molecule has 0 aliphatic carbocycles. The summed E-state index contributed by atoms with van der Waals surface area (Å²) in [6, 6.07) is 2.02. The standard InChI is InChI=1S/C14H20N4O4S/c1-10-11(2)22-14(12(10)8-15)16-13(19)9-17-4-6-18(7-5-17)23(3,20)21/h4-7,9H2,1-3H3,(H,16,19). The highest BCUT2D eigenvalue weighted by molar-refractivity contribution is 7.88. The predicted molar refractivity (Wildman–Crippen MR) is 84.4 cm³/mol. The van der Waals surface area contributed by atoms with Crippen LogP contribution in [0.25, 0.3) is 0 Å².